The highest BCUT2D eigenvalue weighted by molar-refractivity contribution is 5.34. The van der Waals surface area contributed by atoms with Gasteiger partial charge in [0.1, 0.15) is 0 Å². The van der Waals surface area contributed by atoms with Crippen LogP contribution in [0, 0.1) is 0 Å². The van der Waals surface area contributed by atoms with Gasteiger partial charge in [-0.2, -0.15) is 4.99 Å². The van der Waals surface area contributed by atoms with Crippen molar-refractivity contribution in [2.75, 3.05) is 0 Å². The van der Waals surface area contributed by atoms with E-state index in [1.165, 1.54) is 0 Å². The second kappa shape index (κ2) is 3.33. The van der Waals surface area contributed by atoms with Gasteiger partial charge in [-0.25, -0.2) is 4.79 Å². The van der Waals surface area contributed by atoms with Crippen molar-refractivity contribution in [3.63, 3.8) is 0 Å². The van der Waals surface area contributed by atoms with Crippen LogP contribution in [-0.4, -0.2) is 11.6 Å². The van der Waals surface area contributed by atoms with Crippen molar-refractivity contribution in [1.82, 2.24) is 0 Å². The van der Waals surface area contributed by atoms with Crippen LogP contribution in [0.15, 0.2) is 17.1 Å². The number of isocyanates is 1. The Morgan fingerprint density at radius 3 is 2.50 bits per heavy atom. The molecule has 0 fully saturated rings. The highest BCUT2D eigenvalue weighted by Crippen LogP contribution is 2.17. The summed E-state index contributed by atoms with van der Waals surface area (Å²) in [5, 5.41) is 0. The van der Waals surface area contributed by atoms with E-state index in [2.05, 4.69) is 11.6 Å². The summed E-state index contributed by atoms with van der Waals surface area (Å²) < 4.78 is 0. The highest BCUT2D eigenvalue weighted by Gasteiger charge is 2.15. The summed E-state index contributed by atoms with van der Waals surface area (Å²) in [5.74, 6) is 0. The van der Waals surface area contributed by atoms with E-state index in [0.29, 0.717) is 0 Å². The van der Waals surface area contributed by atoms with Gasteiger partial charge < -0.3 is 0 Å². The third-order valence-corrected chi connectivity index (χ3v) is 1.08. The van der Waals surface area contributed by atoms with Gasteiger partial charge in [-0.1, -0.05) is 5.57 Å². The molecule has 0 saturated carbocycles. The summed E-state index contributed by atoms with van der Waals surface area (Å²) in [4.78, 5) is 13.5. The molecule has 0 spiro atoms. The normalized spacial score (nSPS) is 10.3. The average Bonchev–Trinajstić information content (AvgIpc) is 1.59. The van der Waals surface area contributed by atoms with Crippen LogP contribution in [0.4, 0.5) is 0 Å². The van der Waals surface area contributed by atoms with E-state index in [1.807, 2.05) is 20.8 Å². The van der Waals surface area contributed by atoms with Crippen LogP contribution >= 0.6 is 0 Å². The first-order valence-corrected chi connectivity index (χ1v) is 3.21. The van der Waals surface area contributed by atoms with Crippen molar-refractivity contribution < 1.29 is 4.79 Å². The Hall–Kier alpha value is -0.880. The molecule has 0 N–H and O–H groups in total. The van der Waals surface area contributed by atoms with Crippen molar-refractivity contribution >= 4 is 6.08 Å². The number of hydrogen-bond donors (Lipinski definition) is 0. The lowest BCUT2D eigenvalue weighted by Gasteiger charge is -2.16. The van der Waals surface area contributed by atoms with Gasteiger partial charge in [0.2, 0.25) is 6.08 Å². The molecule has 56 valence electrons. The monoisotopic (exact) mass is 139 g/mol. The van der Waals surface area contributed by atoms with Crippen LogP contribution in [0.5, 0.6) is 0 Å². The van der Waals surface area contributed by atoms with Crippen molar-refractivity contribution in [1.29, 1.82) is 0 Å². The van der Waals surface area contributed by atoms with Crippen LogP contribution < -0.4 is 0 Å². The highest BCUT2D eigenvalue weighted by atomic mass is 16.1. The van der Waals surface area contributed by atoms with Crippen molar-refractivity contribution in [2.24, 2.45) is 4.99 Å². The largest absolute Gasteiger partial charge is 0.235 e. The molecular formula is C8H13NO. The van der Waals surface area contributed by atoms with Gasteiger partial charge in [0.15, 0.2) is 0 Å². The molecule has 0 aliphatic rings. The van der Waals surface area contributed by atoms with Gasteiger partial charge in [0.25, 0.3) is 0 Å². The van der Waals surface area contributed by atoms with Gasteiger partial charge in [-0.05, 0) is 27.2 Å². The standard InChI is InChI=1S/C8H13NO/c1-7(2)5-8(3,4)9-6-10/h1,5H2,2-4H3. The maximum absolute atomic E-state index is 9.88. The quantitative estimate of drug-likeness (QED) is 0.334. The second-order valence-corrected chi connectivity index (χ2v) is 3.15. The summed E-state index contributed by atoms with van der Waals surface area (Å²) >= 11 is 0. The van der Waals surface area contributed by atoms with Gasteiger partial charge in [0, 0.05) is 0 Å². The van der Waals surface area contributed by atoms with Crippen molar-refractivity contribution in [3.05, 3.63) is 12.2 Å². The zero-order valence-corrected chi connectivity index (χ0v) is 6.77. The van der Waals surface area contributed by atoms with Gasteiger partial charge in [-0.15, -0.1) is 6.58 Å². The first kappa shape index (κ1) is 9.12. The van der Waals surface area contributed by atoms with E-state index >= 15 is 0 Å². The summed E-state index contributed by atoms with van der Waals surface area (Å²) in [7, 11) is 0. The number of carbonyl (C=O) groups excluding carboxylic acids is 1. The van der Waals surface area contributed by atoms with Crippen LogP contribution in [0.25, 0.3) is 0 Å². The Bertz CT molecular complexity index is 176. The first-order valence-electron chi connectivity index (χ1n) is 3.21. The number of nitrogens with zero attached hydrogens (tertiary/aromatic N) is 1. The maximum atomic E-state index is 9.88. The molecule has 0 bridgehead atoms. The minimum Gasteiger partial charge on any atom is -0.211 e. The predicted octanol–water partition coefficient (Wildman–Crippen LogP) is 2.07. The molecule has 0 radical (unpaired) electrons. The van der Waals surface area contributed by atoms with E-state index in [1.54, 1.807) is 6.08 Å². The molecule has 0 rings (SSSR count). The molecular weight excluding hydrogens is 126 g/mol. The molecule has 10 heavy (non-hydrogen) atoms. The van der Waals surface area contributed by atoms with Crippen LogP contribution in [0.3, 0.4) is 0 Å². The molecule has 0 aliphatic carbocycles. The Kier molecular flexibility index (Phi) is 3.04. The van der Waals surface area contributed by atoms with Gasteiger partial charge >= 0.3 is 0 Å². The fourth-order valence-electron chi connectivity index (χ4n) is 0.902. The number of hydrogen-bond acceptors (Lipinski definition) is 2. The van der Waals surface area contributed by atoms with Crippen LogP contribution in [0.1, 0.15) is 27.2 Å². The summed E-state index contributed by atoms with van der Waals surface area (Å²) in [6, 6.07) is 0. The zero-order chi connectivity index (χ0) is 8.20. The topological polar surface area (TPSA) is 29.4 Å². The first-order chi connectivity index (χ1) is 4.48. The van der Waals surface area contributed by atoms with E-state index in [9.17, 15) is 4.79 Å². The van der Waals surface area contributed by atoms with Gasteiger partial charge in [-0.3, -0.25) is 0 Å². The fourth-order valence-corrected chi connectivity index (χ4v) is 0.902. The smallest absolute Gasteiger partial charge is 0.211 e. The van der Waals surface area contributed by atoms with E-state index in [0.717, 1.165) is 12.0 Å². The number of rotatable bonds is 3. The lowest BCUT2D eigenvalue weighted by atomic mass is 9.98. The lowest BCUT2D eigenvalue weighted by Crippen LogP contribution is -2.15. The molecule has 0 heterocycles. The molecule has 0 atom stereocenters. The van der Waals surface area contributed by atoms with Crippen molar-refractivity contribution in [3.8, 4) is 0 Å². The van der Waals surface area contributed by atoms with Gasteiger partial charge in [0.05, 0.1) is 5.54 Å². The molecule has 0 amide bonds. The molecule has 0 aromatic carbocycles. The Balaban J connectivity index is 4.12. The summed E-state index contributed by atoms with van der Waals surface area (Å²) in [6.07, 6.45) is 2.29. The number of aliphatic imine (C=N–C) groups is 1. The van der Waals surface area contributed by atoms with Crippen LogP contribution in [0.2, 0.25) is 0 Å². The maximum Gasteiger partial charge on any atom is 0.235 e. The third-order valence-electron chi connectivity index (χ3n) is 1.08. The van der Waals surface area contributed by atoms with E-state index in [4.69, 9.17) is 0 Å². The SMILES string of the molecule is C=C(C)CC(C)(C)N=C=O. The second-order valence-electron chi connectivity index (χ2n) is 3.15. The summed E-state index contributed by atoms with van der Waals surface area (Å²) in [6.45, 7) is 9.41. The molecule has 0 unspecified atom stereocenters. The molecule has 2 heteroatoms. The van der Waals surface area contributed by atoms with Crippen molar-refractivity contribution in [2.45, 2.75) is 32.7 Å². The fraction of sp³-hybridized carbons (Fsp3) is 0.625. The Labute approximate surface area is 61.7 Å². The minimum absolute atomic E-state index is 0.326. The lowest BCUT2D eigenvalue weighted by molar-refractivity contribution is 0.500. The molecule has 0 aliphatic heterocycles. The van der Waals surface area contributed by atoms with E-state index in [-0.39, 0.29) is 5.54 Å². The predicted molar refractivity (Wildman–Crippen MR) is 41.6 cm³/mol. The molecule has 0 aromatic heterocycles. The molecule has 0 aromatic rings. The van der Waals surface area contributed by atoms with Crippen LogP contribution in [-0.2, 0) is 4.79 Å². The zero-order valence-electron chi connectivity index (χ0n) is 6.77. The minimum atomic E-state index is -0.326. The molecule has 2 nitrogen and oxygen atoms in total. The Morgan fingerprint density at radius 2 is 2.20 bits per heavy atom. The van der Waals surface area contributed by atoms with E-state index < -0.39 is 0 Å². The molecule has 0 saturated heterocycles. The third kappa shape index (κ3) is 4.04. The summed E-state index contributed by atoms with van der Waals surface area (Å²) in [5.41, 5.74) is 0.706. The average molecular weight is 139 g/mol. The Morgan fingerprint density at radius 1 is 1.70 bits per heavy atom.